The normalized spacial score (nSPS) is 10.3. The van der Waals surface area contributed by atoms with Crippen LogP contribution in [0.2, 0.25) is 10.0 Å². The standard InChI is InChI=1S/C12H9Cl2NO3S/c1-18-9-2-3-19-11(9)12(17)15-6-4-7(13)10(16)8(14)5-6/h2-5,16H,1H3,(H,15,17). The maximum atomic E-state index is 12.0. The number of phenols is 1. The van der Waals surface area contributed by atoms with Gasteiger partial charge in [0.2, 0.25) is 0 Å². The number of benzene rings is 1. The molecule has 0 saturated carbocycles. The number of methoxy groups -OCH3 is 1. The van der Waals surface area contributed by atoms with Crippen molar-refractivity contribution in [3.05, 3.63) is 38.5 Å². The number of carbonyl (C=O) groups is 1. The van der Waals surface area contributed by atoms with Gasteiger partial charge in [-0.05, 0) is 23.6 Å². The van der Waals surface area contributed by atoms with E-state index in [4.69, 9.17) is 27.9 Å². The van der Waals surface area contributed by atoms with E-state index < -0.39 is 0 Å². The number of nitrogens with one attached hydrogen (secondary N) is 1. The van der Waals surface area contributed by atoms with Crippen LogP contribution in [0.3, 0.4) is 0 Å². The maximum absolute atomic E-state index is 12.0. The van der Waals surface area contributed by atoms with E-state index in [-0.39, 0.29) is 21.7 Å². The zero-order valence-electron chi connectivity index (χ0n) is 9.74. The molecule has 0 aliphatic rings. The van der Waals surface area contributed by atoms with Crippen LogP contribution in [0.5, 0.6) is 11.5 Å². The fourth-order valence-corrected chi connectivity index (χ4v) is 2.69. The van der Waals surface area contributed by atoms with Crippen molar-refractivity contribution in [3.8, 4) is 11.5 Å². The molecular weight excluding hydrogens is 309 g/mol. The number of hydrogen-bond donors (Lipinski definition) is 2. The summed E-state index contributed by atoms with van der Waals surface area (Å²) in [6.45, 7) is 0. The van der Waals surface area contributed by atoms with Crippen LogP contribution in [0.25, 0.3) is 0 Å². The molecule has 0 spiro atoms. The second-order valence-electron chi connectivity index (χ2n) is 3.56. The number of rotatable bonds is 3. The number of thiophene rings is 1. The van der Waals surface area contributed by atoms with Crippen molar-refractivity contribution in [2.24, 2.45) is 0 Å². The zero-order valence-corrected chi connectivity index (χ0v) is 12.1. The molecule has 2 N–H and O–H groups in total. The van der Waals surface area contributed by atoms with Crippen LogP contribution in [0.4, 0.5) is 5.69 Å². The summed E-state index contributed by atoms with van der Waals surface area (Å²) in [5.74, 6) is -0.0434. The summed E-state index contributed by atoms with van der Waals surface area (Å²) in [5.41, 5.74) is 0.397. The Morgan fingerprint density at radius 1 is 1.37 bits per heavy atom. The molecule has 2 aromatic rings. The fraction of sp³-hybridized carbons (Fsp3) is 0.0833. The summed E-state index contributed by atoms with van der Waals surface area (Å²) in [5, 5.41) is 14.0. The van der Waals surface area contributed by atoms with E-state index in [0.717, 1.165) is 0 Å². The third-order valence-corrected chi connectivity index (χ3v) is 3.80. The lowest BCUT2D eigenvalue weighted by atomic mass is 10.3. The monoisotopic (exact) mass is 317 g/mol. The molecule has 1 heterocycles. The first kappa shape index (κ1) is 14.0. The smallest absolute Gasteiger partial charge is 0.269 e. The van der Waals surface area contributed by atoms with E-state index in [1.54, 1.807) is 11.4 Å². The van der Waals surface area contributed by atoms with Crippen molar-refractivity contribution in [1.82, 2.24) is 0 Å². The molecule has 0 aliphatic carbocycles. The molecule has 2 rings (SSSR count). The molecule has 19 heavy (non-hydrogen) atoms. The van der Waals surface area contributed by atoms with Crippen LogP contribution < -0.4 is 10.1 Å². The van der Waals surface area contributed by atoms with E-state index in [2.05, 4.69) is 5.32 Å². The minimum atomic E-state index is -0.329. The van der Waals surface area contributed by atoms with Crippen LogP contribution in [-0.4, -0.2) is 18.1 Å². The molecule has 1 aromatic carbocycles. The number of ether oxygens (including phenoxy) is 1. The lowest BCUT2D eigenvalue weighted by Crippen LogP contribution is -2.11. The number of hydrogen-bond acceptors (Lipinski definition) is 4. The maximum Gasteiger partial charge on any atom is 0.269 e. The third-order valence-electron chi connectivity index (χ3n) is 2.33. The van der Waals surface area contributed by atoms with E-state index >= 15 is 0 Å². The molecule has 0 bridgehead atoms. The molecule has 0 unspecified atom stereocenters. The first-order chi connectivity index (χ1) is 9.02. The van der Waals surface area contributed by atoms with Gasteiger partial charge in [-0.2, -0.15) is 0 Å². The average Bonchev–Trinajstić information content (AvgIpc) is 2.84. The van der Waals surface area contributed by atoms with Gasteiger partial charge in [0.05, 0.1) is 17.2 Å². The van der Waals surface area contributed by atoms with Gasteiger partial charge >= 0.3 is 0 Å². The lowest BCUT2D eigenvalue weighted by Gasteiger charge is -2.08. The highest BCUT2D eigenvalue weighted by atomic mass is 35.5. The summed E-state index contributed by atoms with van der Waals surface area (Å²) in [7, 11) is 1.49. The van der Waals surface area contributed by atoms with Gasteiger partial charge in [0.1, 0.15) is 10.6 Å². The van der Waals surface area contributed by atoms with Gasteiger partial charge in [0.15, 0.2) is 5.75 Å². The minimum absolute atomic E-state index is 0.0703. The van der Waals surface area contributed by atoms with Crippen LogP contribution >= 0.6 is 34.5 Å². The highest BCUT2D eigenvalue weighted by molar-refractivity contribution is 7.12. The number of aromatic hydroxyl groups is 1. The fourth-order valence-electron chi connectivity index (χ4n) is 1.45. The van der Waals surface area contributed by atoms with Gasteiger partial charge in [-0.25, -0.2) is 0 Å². The predicted octanol–water partition coefficient (Wildman–Crippen LogP) is 4.02. The van der Waals surface area contributed by atoms with Gasteiger partial charge < -0.3 is 15.2 Å². The SMILES string of the molecule is COc1ccsc1C(=O)Nc1cc(Cl)c(O)c(Cl)c1. The molecule has 4 nitrogen and oxygen atoms in total. The van der Waals surface area contributed by atoms with Crippen LogP contribution in [0.15, 0.2) is 23.6 Å². The molecule has 0 fully saturated rings. The molecule has 1 aromatic heterocycles. The van der Waals surface area contributed by atoms with Crippen molar-refractivity contribution in [2.75, 3.05) is 12.4 Å². The van der Waals surface area contributed by atoms with Gasteiger partial charge in [-0.1, -0.05) is 23.2 Å². The number of phenolic OH excluding ortho intramolecular Hbond substituents is 1. The summed E-state index contributed by atoms with van der Waals surface area (Å²) in [6, 6.07) is 4.54. The molecular formula is C12H9Cl2NO3S. The molecule has 1 amide bonds. The Bertz CT molecular complexity index is 604. The van der Waals surface area contributed by atoms with Crippen molar-refractivity contribution >= 4 is 46.1 Å². The topological polar surface area (TPSA) is 58.6 Å². The van der Waals surface area contributed by atoms with E-state index in [0.29, 0.717) is 16.3 Å². The van der Waals surface area contributed by atoms with Crippen LogP contribution in [-0.2, 0) is 0 Å². The van der Waals surface area contributed by atoms with Crippen LogP contribution in [0.1, 0.15) is 9.67 Å². The largest absolute Gasteiger partial charge is 0.505 e. The highest BCUT2D eigenvalue weighted by Crippen LogP contribution is 2.35. The third kappa shape index (κ3) is 2.94. The van der Waals surface area contributed by atoms with Gasteiger partial charge in [0.25, 0.3) is 5.91 Å². The van der Waals surface area contributed by atoms with E-state index in [1.165, 1.54) is 30.6 Å². The van der Waals surface area contributed by atoms with E-state index in [1.807, 2.05) is 0 Å². The number of amides is 1. The van der Waals surface area contributed by atoms with Gasteiger partial charge in [0, 0.05) is 5.69 Å². The summed E-state index contributed by atoms with van der Waals surface area (Å²) in [4.78, 5) is 12.5. The molecule has 7 heteroatoms. The summed E-state index contributed by atoms with van der Waals surface area (Å²) < 4.78 is 5.07. The Morgan fingerprint density at radius 2 is 2.00 bits per heavy atom. The van der Waals surface area contributed by atoms with Crippen LogP contribution in [0, 0.1) is 0 Å². The summed E-state index contributed by atoms with van der Waals surface area (Å²) in [6.07, 6.45) is 0. The number of anilines is 1. The van der Waals surface area contributed by atoms with E-state index in [9.17, 15) is 9.90 Å². The molecule has 0 radical (unpaired) electrons. The Kier molecular flexibility index (Phi) is 4.19. The van der Waals surface area contributed by atoms with Gasteiger partial charge in [-0.15, -0.1) is 11.3 Å². The van der Waals surface area contributed by atoms with Gasteiger partial charge in [-0.3, -0.25) is 4.79 Å². The van der Waals surface area contributed by atoms with Crippen molar-refractivity contribution in [1.29, 1.82) is 0 Å². The molecule has 0 saturated heterocycles. The van der Waals surface area contributed by atoms with Crippen molar-refractivity contribution in [2.45, 2.75) is 0 Å². The first-order valence-corrected chi connectivity index (χ1v) is 6.77. The molecule has 0 atom stereocenters. The molecule has 0 aliphatic heterocycles. The molecule has 100 valence electrons. The quantitative estimate of drug-likeness (QED) is 0.840. The average molecular weight is 318 g/mol. The minimum Gasteiger partial charge on any atom is -0.505 e. The Labute approximate surface area is 123 Å². The van der Waals surface area contributed by atoms with Crippen molar-refractivity contribution in [3.63, 3.8) is 0 Å². The first-order valence-electron chi connectivity index (χ1n) is 5.13. The number of halogens is 2. The second kappa shape index (κ2) is 5.69. The Hall–Kier alpha value is -1.43. The summed E-state index contributed by atoms with van der Waals surface area (Å²) >= 11 is 12.8. The van der Waals surface area contributed by atoms with Crippen molar-refractivity contribution < 1.29 is 14.6 Å². The highest BCUT2D eigenvalue weighted by Gasteiger charge is 2.15. The lowest BCUT2D eigenvalue weighted by molar-refractivity contribution is 0.102. The Morgan fingerprint density at radius 3 is 2.58 bits per heavy atom. The zero-order chi connectivity index (χ0) is 14.0. The second-order valence-corrected chi connectivity index (χ2v) is 5.29. The predicted molar refractivity (Wildman–Crippen MR) is 77.0 cm³/mol. The number of carbonyl (C=O) groups excluding carboxylic acids is 1. The Balaban J connectivity index is 2.24.